The van der Waals surface area contributed by atoms with Gasteiger partial charge in [-0.3, -0.25) is 4.90 Å². The lowest BCUT2D eigenvalue weighted by Gasteiger charge is -2.55. The van der Waals surface area contributed by atoms with Crippen LogP contribution in [0.2, 0.25) is 0 Å². The molecule has 3 nitrogen and oxygen atoms in total. The van der Waals surface area contributed by atoms with Crippen LogP contribution in [0.1, 0.15) is 36.4 Å². The molecule has 1 N–H and O–H groups in total. The Labute approximate surface area is 158 Å². The van der Waals surface area contributed by atoms with Gasteiger partial charge in [-0.05, 0) is 38.1 Å². The minimum atomic E-state index is 0.304. The Bertz CT molecular complexity index is 611. The zero-order valence-electron chi connectivity index (χ0n) is 16.1. The molecule has 2 aromatic rings. The van der Waals surface area contributed by atoms with Gasteiger partial charge in [0.25, 0.3) is 0 Å². The first kappa shape index (κ1) is 19.1. The lowest BCUT2D eigenvalue weighted by molar-refractivity contribution is -0.0446. The van der Waals surface area contributed by atoms with Crippen molar-refractivity contribution >= 4 is 0 Å². The van der Waals surface area contributed by atoms with Gasteiger partial charge in [-0.1, -0.05) is 67.1 Å². The van der Waals surface area contributed by atoms with E-state index in [-0.39, 0.29) is 0 Å². The summed E-state index contributed by atoms with van der Waals surface area (Å²) in [7, 11) is 4.34. The summed E-state index contributed by atoms with van der Waals surface area (Å²) in [6.07, 6.45) is 3.22. The van der Waals surface area contributed by atoms with E-state index in [1.165, 1.54) is 17.5 Å². The predicted molar refractivity (Wildman–Crippen MR) is 108 cm³/mol. The van der Waals surface area contributed by atoms with Crippen molar-refractivity contribution in [3.63, 3.8) is 0 Å². The van der Waals surface area contributed by atoms with Gasteiger partial charge in [0.1, 0.15) is 0 Å². The normalized spacial score (nSPS) is 16.8. The van der Waals surface area contributed by atoms with E-state index in [1.807, 2.05) is 0 Å². The van der Waals surface area contributed by atoms with Crippen LogP contribution >= 0.6 is 0 Å². The molecule has 0 atom stereocenters. The van der Waals surface area contributed by atoms with Crippen LogP contribution in [0.3, 0.4) is 0 Å². The topological polar surface area (TPSA) is 26.7 Å². The van der Waals surface area contributed by atoms with Gasteiger partial charge in [0.2, 0.25) is 0 Å². The fourth-order valence-corrected chi connectivity index (χ4v) is 4.50. The summed E-state index contributed by atoms with van der Waals surface area (Å²) in [4.78, 5) is 4.93. The molecule has 3 heteroatoms. The highest BCUT2D eigenvalue weighted by molar-refractivity contribution is 5.32. The first-order chi connectivity index (χ1) is 12.6. The van der Waals surface area contributed by atoms with Gasteiger partial charge in [0.15, 0.2) is 0 Å². The fourth-order valence-electron chi connectivity index (χ4n) is 4.50. The van der Waals surface area contributed by atoms with Gasteiger partial charge >= 0.3 is 0 Å². The number of unbranched alkanes of at least 4 members (excludes halogenated alkanes) is 1. The van der Waals surface area contributed by atoms with Crippen molar-refractivity contribution in [3.05, 3.63) is 71.8 Å². The molecule has 2 aromatic carbocycles. The summed E-state index contributed by atoms with van der Waals surface area (Å²) in [5.41, 5.74) is 3.08. The van der Waals surface area contributed by atoms with E-state index in [0.717, 1.165) is 32.5 Å². The summed E-state index contributed by atoms with van der Waals surface area (Å²) in [6.45, 7) is 3.65. The monoisotopic (exact) mass is 352 g/mol. The van der Waals surface area contributed by atoms with Gasteiger partial charge in [0.05, 0.1) is 6.04 Å². The number of aliphatic hydroxyl groups excluding tert-OH is 1. The second-order valence-electron chi connectivity index (χ2n) is 8.05. The van der Waals surface area contributed by atoms with Crippen molar-refractivity contribution in [1.29, 1.82) is 0 Å². The van der Waals surface area contributed by atoms with E-state index in [4.69, 9.17) is 5.11 Å². The molecule has 0 amide bonds. The molecule has 0 aliphatic carbocycles. The van der Waals surface area contributed by atoms with Gasteiger partial charge < -0.3 is 10.0 Å². The molecule has 3 rings (SSSR count). The standard InChI is InChI=1S/C23H32N2O/c1-24(2)17-23(15-9-10-16-26)18-25(19-23)22(20-11-5-3-6-12-20)21-13-7-4-8-14-21/h3-8,11-14,22,26H,9-10,15-19H2,1-2H3. The van der Waals surface area contributed by atoms with Gasteiger partial charge in [0, 0.05) is 31.7 Å². The Morgan fingerprint density at radius 2 is 1.46 bits per heavy atom. The van der Waals surface area contributed by atoms with E-state index in [9.17, 15) is 0 Å². The van der Waals surface area contributed by atoms with Crippen molar-refractivity contribution in [2.75, 3.05) is 40.3 Å². The van der Waals surface area contributed by atoms with Crippen molar-refractivity contribution in [2.45, 2.75) is 25.3 Å². The van der Waals surface area contributed by atoms with Gasteiger partial charge in [-0.25, -0.2) is 0 Å². The summed E-state index contributed by atoms with van der Waals surface area (Å²) in [6, 6.07) is 22.0. The fraction of sp³-hybridized carbons (Fsp3) is 0.478. The quantitative estimate of drug-likeness (QED) is 0.695. The number of hydrogen-bond donors (Lipinski definition) is 1. The van der Waals surface area contributed by atoms with Crippen LogP contribution in [-0.2, 0) is 0 Å². The highest BCUT2D eigenvalue weighted by atomic mass is 16.2. The molecule has 0 radical (unpaired) electrons. The number of rotatable bonds is 9. The predicted octanol–water partition coefficient (Wildman–Crippen LogP) is 3.80. The number of aliphatic hydroxyl groups is 1. The molecule has 1 saturated heterocycles. The van der Waals surface area contributed by atoms with E-state index in [0.29, 0.717) is 18.1 Å². The largest absolute Gasteiger partial charge is 0.396 e. The first-order valence-electron chi connectivity index (χ1n) is 9.73. The van der Waals surface area contributed by atoms with E-state index >= 15 is 0 Å². The molecule has 1 heterocycles. The summed E-state index contributed by atoms with van der Waals surface area (Å²) >= 11 is 0. The molecule has 1 aliphatic heterocycles. The molecule has 26 heavy (non-hydrogen) atoms. The summed E-state index contributed by atoms with van der Waals surface area (Å²) in [5.74, 6) is 0. The molecule has 1 fully saturated rings. The lowest BCUT2D eigenvalue weighted by atomic mass is 9.73. The van der Waals surface area contributed by atoms with E-state index in [1.54, 1.807) is 0 Å². The second kappa shape index (κ2) is 8.81. The summed E-state index contributed by atoms with van der Waals surface area (Å²) < 4.78 is 0. The minimum absolute atomic E-state index is 0.304. The lowest BCUT2D eigenvalue weighted by Crippen LogP contribution is -2.61. The van der Waals surface area contributed by atoms with Crippen LogP contribution in [-0.4, -0.2) is 55.2 Å². The van der Waals surface area contributed by atoms with Crippen LogP contribution < -0.4 is 0 Å². The Balaban J connectivity index is 1.78. The van der Waals surface area contributed by atoms with Crippen LogP contribution in [0.5, 0.6) is 0 Å². The van der Waals surface area contributed by atoms with Crippen LogP contribution in [0.4, 0.5) is 0 Å². The van der Waals surface area contributed by atoms with Crippen LogP contribution in [0.25, 0.3) is 0 Å². The molecule has 0 bridgehead atoms. The van der Waals surface area contributed by atoms with Gasteiger partial charge in [-0.15, -0.1) is 0 Å². The maximum atomic E-state index is 9.15. The third kappa shape index (κ3) is 4.53. The smallest absolute Gasteiger partial charge is 0.0602 e. The number of nitrogens with zero attached hydrogens (tertiary/aromatic N) is 2. The molecule has 0 saturated carbocycles. The van der Waals surface area contributed by atoms with Crippen molar-refractivity contribution in [2.24, 2.45) is 5.41 Å². The minimum Gasteiger partial charge on any atom is -0.396 e. The molecule has 0 aromatic heterocycles. The van der Waals surface area contributed by atoms with Crippen molar-refractivity contribution in [3.8, 4) is 0 Å². The molecular weight excluding hydrogens is 320 g/mol. The third-order valence-electron chi connectivity index (χ3n) is 5.44. The molecule has 0 unspecified atom stereocenters. The summed E-state index contributed by atoms with van der Waals surface area (Å²) in [5, 5.41) is 9.15. The molecular formula is C23H32N2O. The zero-order valence-corrected chi connectivity index (χ0v) is 16.1. The van der Waals surface area contributed by atoms with Crippen molar-refractivity contribution < 1.29 is 5.11 Å². The highest BCUT2D eigenvalue weighted by Crippen LogP contribution is 2.43. The average Bonchev–Trinajstić information content (AvgIpc) is 2.62. The van der Waals surface area contributed by atoms with Crippen molar-refractivity contribution in [1.82, 2.24) is 9.80 Å². The van der Waals surface area contributed by atoms with Gasteiger partial charge in [-0.2, -0.15) is 0 Å². The maximum absolute atomic E-state index is 9.15. The Morgan fingerprint density at radius 3 is 1.92 bits per heavy atom. The molecule has 0 spiro atoms. The molecule has 140 valence electrons. The van der Waals surface area contributed by atoms with Crippen LogP contribution in [0, 0.1) is 5.41 Å². The third-order valence-corrected chi connectivity index (χ3v) is 5.44. The molecule has 1 aliphatic rings. The zero-order chi connectivity index (χ0) is 18.4. The Morgan fingerprint density at radius 1 is 0.923 bits per heavy atom. The number of hydrogen-bond acceptors (Lipinski definition) is 3. The Kier molecular flexibility index (Phi) is 6.47. The van der Waals surface area contributed by atoms with E-state index < -0.39 is 0 Å². The number of benzene rings is 2. The first-order valence-corrected chi connectivity index (χ1v) is 9.73. The average molecular weight is 353 g/mol. The second-order valence-corrected chi connectivity index (χ2v) is 8.05. The highest BCUT2D eigenvalue weighted by Gasteiger charge is 2.45. The van der Waals surface area contributed by atoms with Crippen LogP contribution in [0.15, 0.2) is 60.7 Å². The maximum Gasteiger partial charge on any atom is 0.0602 e. The Hall–Kier alpha value is -1.68. The van der Waals surface area contributed by atoms with E-state index in [2.05, 4.69) is 84.6 Å². The number of likely N-dealkylation sites (tertiary alicyclic amines) is 1. The SMILES string of the molecule is CN(C)CC1(CCCCO)CN(C(c2ccccc2)c2ccccc2)C1.